The van der Waals surface area contributed by atoms with Crippen LogP contribution in [0, 0.1) is 0 Å². The summed E-state index contributed by atoms with van der Waals surface area (Å²) >= 11 is 7.50. The number of nitrogens with one attached hydrogen (secondary N) is 1. The molecule has 0 aromatic heterocycles. The van der Waals surface area contributed by atoms with Crippen LogP contribution in [-0.2, 0) is 16.0 Å². The molecule has 1 saturated heterocycles. The molecule has 166 valence electrons. The predicted octanol–water partition coefficient (Wildman–Crippen LogP) is 4.92. The van der Waals surface area contributed by atoms with Crippen molar-refractivity contribution >= 4 is 35.2 Å². The van der Waals surface area contributed by atoms with E-state index in [9.17, 15) is 9.59 Å². The molecular formula is C24H29ClN2O3S. The summed E-state index contributed by atoms with van der Waals surface area (Å²) in [5.74, 6) is 0.744. The number of amides is 2. The van der Waals surface area contributed by atoms with E-state index in [0.717, 1.165) is 47.8 Å². The van der Waals surface area contributed by atoms with Crippen LogP contribution < -0.4 is 10.1 Å². The first-order chi connectivity index (χ1) is 15.0. The van der Waals surface area contributed by atoms with Crippen molar-refractivity contribution in [2.24, 2.45) is 0 Å². The number of halogens is 1. The summed E-state index contributed by atoms with van der Waals surface area (Å²) in [5, 5.41) is 3.73. The first kappa shape index (κ1) is 23.5. The molecule has 0 radical (unpaired) electrons. The molecule has 3 rings (SSSR count). The van der Waals surface area contributed by atoms with Crippen LogP contribution in [0.25, 0.3) is 0 Å². The highest BCUT2D eigenvalue weighted by atomic mass is 35.5. The fourth-order valence-corrected chi connectivity index (χ4v) is 4.71. The number of methoxy groups -OCH3 is 1. The van der Waals surface area contributed by atoms with Gasteiger partial charge in [-0.1, -0.05) is 36.6 Å². The predicted molar refractivity (Wildman–Crippen MR) is 126 cm³/mol. The van der Waals surface area contributed by atoms with Crippen LogP contribution in [0.2, 0.25) is 5.02 Å². The van der Waals surface area contributed by atoms with E-state index in [0.29, 0.717) is 13.0 Å². The molecule has 0 aliphatic carbocycles. The third-order valence-corrected chi connectivity index (χ3v) is 6.78. The van der Waals surface area contributed by atoms with Gasteiger partial charge in [0.15, 0.2) is 0 Å². The van der Waals surface area contributed by atoms with E-state index in [1.54, 1.807) is 23.8 Å². The maximum absolute atomic E-state index is 12.2. The number of carbonyl (C=O) groups excluding carboxylic acids is 2. The van der Waals surface area contributed by atoms with Gasteiger partial charge in [-0.05, 0) is 61.2 Å². The monoisotopic (exact) mass is 460 g/mol. The van der Waals surface area contributed by atoms with Gasteiger partial charge in [-0.15, -0.1) is 11.8 Å². The Morgan fingerprint density at radius 2 is 1.81 bits per heavy atom. The Hall–Kier alpha value is -2.18. The van der Waals surface area contributed by atoms with Crippen LogP contribution in [0.5, 0.6) is 5.75 Å². The van der Waals surface area contributed by atoms with Gasteiger partial charge in [-0.2, -0.15) is 0 Å². The van der Waals surface area contributed by atoms with Gasteiger partial charge in [0.2, 0.25) is 11.8 Å². The van der Waals surface area contributed by atoms with Crippen molar-refractivity contribution in [2.45, 2.75) is 48.8 Å². The zero-order valence-electron chi connectivity index (χ0n) is 17.8. The minimum absolute atomic E-state index is 0.0134. The fraction of sp³-hybridized carbons (Fsp3) is 0.417. The molecule has 1 fully saturated rings. The largest absolute Gasteiger partial charge is 0.497 e. The molecule has 1 aliphatic rings. The van der Waals surface area contributed by atoms with E-state index in [2.05, 4.69) is 17.4 Å². The van der Waals surface area contributed by atoms with Crippen molar-refractivity contribution in [3.8, 4) is 5.75 Å². The Kier molecular flexibility index (Phi) is 9.10. The van der Waals surface area contributed by atoms with Gasteiger partial charge >= 0.3 is 0 Å². The molecule has 1 N–H and O–H groups in total. The number of aryl methyl sites for hydroxylation is 1. The number of hydrogen-bond donors (Lipinski definition) is 1. The molecule has 1 unspecified atom stereocenters. The summed E-state index contributed by atoms with van der Waals surface area (Å²) in [6.07, 6.45) is 5.80. The van der Waals surface area contributed by atoms with Crippen molar-refractivity contribution in [3.05, 3.63) is 59.1 Å². The normalized spacial score (nSPS) is 15.5. The highest BCUT2D eigenvalue weighted by Crippen LogP contribution is 2.35. The quantitative estimate of drug-likeness (QED) is 0.361. The average Bonchev–Trinajstić information content (AvgIpc) is 2.78. The lowest BCUT2D eigenvalue weighted by Gasteiger charge is -2.39. The third kappa shape index (κ3) is 7.47. The molecule has 31 heavy (non-hydrogen) atoms. The van der Waals surface area contributed by atoms with Crippen molar-refractivity contribution in [3.63, 3.8) is 0 Å². The lowest BCUT2D eigenvalue weighted by atomic mass is 10.1. The standard InChI is InChI=1S/C24H29ClN2O3S/c1-30-20-11-13-21(14-12-20)31-24-16-23(29)27(24)17-22(28)26-15-5-3-2-4-6-18-7-9-19(25)10-8-18/h7-14,24H,2-6,15-17H2,1H3,(H,26,28). The zero-order valence-corrected chi connectivity index (χ0v) is 19.4. The smallest absolute Gasteiger partial charge is 0.239 e. The van der Waals surface area contributed by atoms with Crippen LogP contribution in [-0.4, -0.2) is 42.3 Å². The van der Waals surface area contributed by atoms with Crippen LogP contribution >= 0.6 is 23.4 Å². The van der Waals surface area contributed by atoms with Gasteiger partial charge < -0.3 is 15.0 Å². The van der Waals surface area contributed by atoms with Crippen LogP contribution in [0.15, 0.2) is 53.4 Å². The maximum atomic E-state index is 12.2. The van der Waals surface area contributed by atoms with Crippen LogP contribution in [0.1, 0.15) is 37.7 Å². The summed E-state index contributed by atoms with van der Waals surface area (Å²) in [7, 11) is 1.63. The van der Waals surface area contributed by atoms with E-state index in [1.807, 2.05) is 36.4 Å². The van der Waals surface area contributed by atoms with Crippen molar-refractivity contribution in [2.75, 3.05) is 20.2 Å². The summed E-state index contributed by atoms with van der Waals surface area (Å²) < 4.78 is 5.17. The summed E-state index contributed by atoms with van der Waals surface area (Å²) in [5.41, 5.74) is 1.30. The first-order valence-electron chi connectivity index (χ1n) is 10.7. The van der Waals surface area contributed by atoms with E-state index in [1.165, 1.54) is 5.56 Å². The van der Waals surface area contributed by atoms with Gasteiger partial charge in [-0.3, -0.25) is 9.59 Å². The minimum atomic E-state index is -0.0884. The number of likely N-dealkylation sites (tertiary alicyclic amines) is 1. The van der Waals surface area contributed by atoms with E-state index in [4.69, 9.17) is 16.3 Å². The topological polar surface area (TPSA) is 58.6 Å². The number of unbranched alkanes of at least 4 members (excludes halogenated alkanes) is 3. The van der Waals surface area contributed by atoms with Crippen molar-refractivity contribution in [1.29, 1.82) is 0 Å². The Balaban J connectivity index is 1.28. The average molecular weight is 461 g/mol. The molecule has 0 bridgehead atoms. The Labute approximate surface area is 193 Å². The molecule has 2 amide bonds. The molecule has 2 aromatic rings. The lowest BCUT2D eigenvalue weighted by molar-refractivity contribution is -0.145. The van der Waals surface area contributed by atoms with E-state index >= 15 is 0 Å². The third-order valence-electron chi connectivity index (χ3n) is 5.29. The lowest BCUT2D eigenvalue weighted by Crippen LogP contribution is -2.54. The number of β-lactam (4-membered cyclic amide) rings is 1. The summed E-state index contributed by atoms with van der Waals surface area (Å²) in [4.78, 5) is 26.9. The number of carbonyl (C=O) groups is 2. The second kappa shape index (κ2) is 12.0. The molecular weight excluding hydrogens is 432 g/mol. The van der Waals surface area contributed by atoms with Crippen molar-refractivity contribution in [1.82, 2.24) is 10.2 Å². The molecule has 0 spiro atoms. The number of thioether (sulfide) groups is 1. The van der Waals surface area contributed by atoms with Gasteiger partial charge in [0.05, 0.1) is 18.9 Å². The van der Waals surface area contributed by atoms with Gasteiger partial charge in [0, 0.05) is 16.5 Å². The Morgan fingerprint density at radius 3 is 2.48 bits per heavy atom. The summed E-state index contributed by atoms with van der Waals surface area (Å²) in [6.45, 7) is 0.779. The molecule has 7 heteroatoms. The molecule has 1 aliphatic heterocycles. The molecule has 0 saturated carbocycles. The van der Waals surface area contributed by atoms with Gasteiger partial charge in [0.1, 0.15) is 12.3 Å². The van der Waals surface area contributed by atoms with Crippen LogP contribution in [0.3, 0.4) is 0 Å². The molecule has 1 heterocycles. The fourth-order valence-electron chi connectivity index (χ4n) is 3.43. The minimum Gasteiger partial charge on any atom is -0.497 e. The van der Waals surface area contributed by atoms with E-state index in [-0.39, 0.29) is 23.7 Å². The highest BCUT2D eigenvalue weighted by Gasteiger charge is 2.37. The second-order valence-electron chi connectivity index (χ2n) is 7.61. The zero-order chi connectivity index (χ0) is 22.1. The van der Waals surface area contributed by atoms with Crippen molar-refractivity contribution < 1.29 is 14.3 Å². The maximum Gasteiger partial charge on any atom is 0.239 e. The molecule has 2 aromatic carbocycles. The van der Waals surface area contributed by atoms with Crippen LogP contribution in [0.4, 0.5) is 0 Å². The number of rotatable bonds is 12. The SMILES string of the molecule is COc1ccc(SC2CC(=O)N2CC(=O)NCCCCCCc2ccc(Cl)cc2)cc1. The Morgan fingerprint density at radius 1 is 1.10 bits per heavy atom. The van der Waals surface area contributed by atoms with E-state index < -0.39 is 0 Å². The number of hydrogen-bond acceptors (Lipinski definition) is 4. The molecule has 1 atom stereocenters. The number of ether oxygens (including phenoxy) is 1. The van der Waals surface area contributed by atoms with Gasteiger partial charge in [-0.25, -0.2) is 0 Å². The first-order valence-corrected chi connectivity index (χ1v) is 11.9. The summed E-state index contributed by atoms with van der Waals surface area (Å²) in [6, 6.07) is 15.7. The molecule has 5 nitrogen and oxygen atoms in total. The van der Waals surface area contributed by atoms with Gasteiger partial charge in [0.25, 0.3) is 0 Å². The Bertz CT molecular complexity index is 858. The second-order valence-corrected chi connectivity index (χ2v) is 9.30. The number of nitrogens with zero attached hydrogens (tertiary/aromatic N) is 1. The number of benzene rings is 2. The highest BCUT2D eigenvalue weighted by molar-refractivity contribution is 8.00.